The molecule has 1 aliphatic carbocycles. The second-order valence-electron chi connectivity index (χ2n) is 6.69. The number of carbonyl (C=O) groups excluding carboxylic acids is 2. The molecule has 1 aliphatic heterocycles. The highest BCUT2D eigenvalue weighted by molar-refractivity contribution is 6.00. The lowest BCUT2D eigenvalue weighted by Crippen LogP contribution is -2.33. The van der Waals surface area contributed by atoms with E-state index in [1.54, 1.807) is 4.90 Å². The van der Waals surface area contributed by atoms with Crippen molar-refractivity contribution in [3.8, 4) is 0 Å². The Morgan fingerprint density at radius 1 is 1.04 bits per heavy atom. The number of nitrogens with one attached hydrogen (secondary N) is 2. The summed E-state index contributed by atoms with van der Waals surface area (Å²) < 4.78 is 0. The summed E-state index contributed by atoms with van der Waals surface area (Å²) in [6.45, 7) is 2.13. The molecular formula is C18H27ClN4O2. The van der Waals surface area contributed by atoms with Gasteiger partial charge in [0, 0.05) is 19.0 Å². The average molecular weight is 367 g/mol. The molecule has 0 spiro atoms. The van der Waals surface area contributed by atoms with Gasteiger partial charge in [-0.2, -0.15) is 0 Å². The fourth-order valence-electron chi connectivity index (χ4n) is 3.71. The number of hydrogen-bond donors (Lipinski definition) is 3. The highest BCUT2D eigenvalue weighted by atomic mass is 35.5. The molecule has 0 unspecified atom stereocenters. The molecule has 138 valence electrons. The van der Waals surface area contributed by atoms with Gasteiger partial charge >= 0.3 is 6.03 Å². The third kappa shape index (κ3) is 4.64. The smallest absolute Gasteiger partial charge is 0.321 e. The number of likely N-dealkylation sites (tertiary alicyclic amines) is 1. The molecule has 4 N–H and O–H groups in total. The minimum absolute atomic E-state index is 0. The molecule has 1 saturated heterocycles. The van der Waals surface area contributed by atoms with Crippen LogP contribution in [0.1, 0.15) is 32.1 Å². The van der Waals surface area contributed by atoms with Gasteiger partial charge in [-0.15, -0.1) is 12.4 Å². The molecule has 1 aromatic carbocycles. The van der Waals surface area contributed by atoms with Crippen molar-refractivity contribution in [2.75, 3.05) is 30.3 Å². The van der Waals surface area contributed by atoms with E-state index in [4.69, 9.17) is 5.73 Å². The fourth-order valence-corrected chi connectivity index (χ4v) is 3.71. The zero-order valence-corrected chi connectivity index (χ0v) is 15.2. The summed E-state index contributed by atoms with van der Waals surface area (Å²) in [5.41, 5.74) is 7.07. The lowest BCUT2D eigenvalue weighted by molar-refractivity contribution is -0.120. The number of urea groups is 1. The first kappa shape index (κ1) is 19.5. The van der Waals surface area contributed by atoms with Gasteiger partial charge in [0.2, 0.25) is 5.91 Å². The Balaban J connectivity index is 0.00000225. The number of nitrogens with two attached hydrogens (primary N) is 1. The first-order chi connectivity index (χ1) is 11.7. The van der Waals surface area contributed by atoms with Crippen LogP contribution >= 0.6 is 12.4 Å². The van der Waals surface area contributed by atoms with E-state index < -0.39 is 0 Å². The van der Waals surface area contributed by atoms with Crippen molar-refractivity contribution in [3.63, 3.8) is 0 Å². The van der Waals surface area contributed by atoms with Gasteiger partial charge in [-0.3, -0.25) is 4.79 Å². The SMILES string of the molecule is Cl.NC[C@H]1CCC[C@H]1C(=O)Nc1ccccc1NC(=O)N1CCCC1. The van der Waals surface area contributed by atoms with Crippen LogP contribution in [0.2, 0.25) is 0 Å². The zero-order valence-electron chi connectivity index (χ0n) is 14.4. The quantitative estimate of drug-likeness (QED) is 0.765. The molecule has 0 radical (unpaired) electrons. The van der Waals surface area contributed by atoms with E-state index in [2.05, 4.69) is 10.6 Å². The first-order valence-corrected chi connectivity index (χ1v) is 8.85. The molecular weight excluding hydrogens is 340 g/mol. The van der Waals surface area contributed by atoms with Gasteiger partial charge in [0.05, 0.1) is 11.4 Å². The standard InChI is InChI=1S/C18H26N4O2.ClH/c19-12-13-6-5-7-14(13)17(23)20-15-8-1-2-9-16(15)21-18(24)22-10-3-4-11-22;/h1-2,8-9,13-14H,3-7,10-12,19H2,(H,20,23)(H,21,24);1H/t13-,14-;/m1./s1. The van der Waals surface area contributed by atoms with Crippen LogP contribution in [0.4, 0.5) is 16.2 Å². The summed E-state index contributed by atoms with van der Waals surface area (Å²) in [6, 6.07) is 7.25. The number of rotatable bonds is 4. The number of halogens is 1. The largest absolute Gasteiger partial charge is 0.330 e. The van der Waals surface area contributed by atoms with Crippen molar-refractivity contribution < 1.29 is 9.59 Å². The highest BCUT2D eigenvalue weighted by Crippen LogP contribution is 2.32. The summed E-state index contributed by atoms with van der Waals surface area (Å²) in [7, 11) is 0. The van der Waals surface area contributed by atoms with Crippen LogP contribution in [0.5, 0.6) is 0 Å². The maximum Gasteiger partial charge on any atom is 0.321 e. The van der Waals surface area contributed by atoms with Gasteiger partial charge in [-0.05, 0) is 50.3 Å². The number of hydrogen-bond acceptors (Lipinski definition) is 3. The predicted molar refractivity (Wildman–Crippen MR) is 102 cm³/mol. The lowest BCUT2D eigenvalue weighted by Gasteiger charge is -2.20. The summed E-state index contributed by atoms with van der Waals surface area (Å²) >= 11 is 0. The van der Waals surface area contributed by atoms with Crippen molar-refractivity contribution >= 4 is 35.7 Å². The Labute approximate surface area is 154 Å². The Bertz CT molecular complexity index is 604. The van der Waals surface area contributed by atoms with E-state index in [9.17, 15) is 9.59 Å². The summed E-state index contributed by atoms with van der Waals surface area (Å²) in [4.78, 5) is 26.7. The highest BCUT2D eigenvalue weighted by Gasteiger charge is 2.32. The topological polar surface area (TPSA) is 87.5 Å². The molecule has 1 aromatic rings. The van der Waals surface area contributed by atoms with Gasteiger partial charge in [-0.1, -0.05) is 18.6 Å². The minimum Gasteiger partial charge on any atom is -0.330 e. The molecule has 2 fully saturated rings. The molecule has 0 bridgehead atoms. The van der Waals surface area contributed by atoms with Crippen molar-refractivity contribution in [2.45, 2.75) is 32.1 Å². The Morgan fingerprint density at radius 3 is 2.32 bits per heavy atom. The maximum absolute atomic E-state index is 12.6. The Morgan fingerprint density at radius 2 is 1.68 bits per heavy atom. The van der Waals surface area contributed by atoms with Crippen LogP contribution in [0, 0.1) is 11.8 Å². The van der Waals surface area contributed by atoms with Crippen LogP contribution in [0.15, 0.2) is 24.3 Å². The van der Waals surface area contributed by atoms with Crippen molar-refractivity contribution in [1.82, 2.24) is 4.90 Å². The van der Waals surface area contributed by atoms with Gasteiger partial charge in [0.15, 0.2) is 0 Å². The lowest BCUT2D eigenvalue weighted by atomic mass is 9.95. The molecule has 2 atom stereocenters. The molecule has 3 amide bonds. The molecule has 1 saturated carbocycles. The summed E-state index contributed by atoms with van der Waals surface area (Å²) in [5, 5.41) is 5.91. The van der Waals surface area contributed by atoms with Crippen molar-refractivity contribution in [2.24, 2.45) is 17.6 Å². The van der Waals surface area contributed by atoms with Crippen LogP contribution in [-0.2, 0) is 4.79 Å². The molecule has 0 aromatic heterocycles. The molecule has 3 rings (SSSR count). The van der Waals surface area contributed by atoms with Gasteiger partial charge < -0.3 is 21.3 Å². The summed E-state index contributed by atoms with van der Waals surface area (Å²) in [5.74, 6) is 0.236. The van der Waals surface area contributed by atoms with Gasteiger partial charge in [-0.25, -0.2) is 4.79 Å². The van der Waals surface area contributed by atoms with Crippen molar-refractivity contribution in [3.05, 3.63) is 24.3 Å². The van der Waals surface area contributed by atoms with Crippen LogP contribution in [0.3, 0.4) is 0 Å². The normalized spacial score (nSPS) is 22.4. The number of anilines is 2. The second kappa shape index (κ2) is 9.06. The van der Waals surface area contributed by atoms with E-state index in [-0.39, 0.29) is 36.2 Å². The molecule has 1 heterocycles. The van der Waals surface area contributed by atoms with E-state index in [0.717, 1.165) is 45.2 Å². The zero-order chi connectivity index (χ0) is 16.9. The van der Waals surface area contributed by atoms with Crippen molar-refractivity contribution in [1.29, 1.82) is 0 Å². The number of benzene rings is 1. The monoisotopic (exact) mass is 366 g/mol. The third-order valence-corrected chi connectivity index (χ3v) is 5.12. The average Bonchev–Trinajstić information content (AvgIpc) is 3.28. The number of carbonyl (C=O) groups is 2. The van der Waals surface area contributed by atoms with E-state index in [1.165, 1.54) is 0 Å². The summed E-state index contributed by atoms with van der Waals surface area (Å²) in [6.07, 6.45) is 5.05. The van der Waals surface area contributed by atoms with Gasteiger partial charge in [0.25, 0.3) is 0 Å². The molecule has 25 heavy (non-hydrogen) atoms. The van der Waals surface area contributed by atoms with E-state index in [0.29, 0.717) is 17.9 Å². The number of amides is 3. The fraction of sp³-hybridized carbons (Fsp3) is 0.556. The molecule has 2 aliphatic rings. The van der Waals surface area contributed by atoms with E-state index in [1.807, 2.05) is 24.3 Å². The number of nitrogens with zero attached hydrogens (tertiary/aromatic N) is 1. The maximum atomic E-state index is 12.6. The third-order valence-electron chi connectivity index (χ3n) is 5.12. The Hall–Kier alpha value is -1.79. The van der Waals surface area contributed by atoms with Crippen LogP contribution in [-0.4, -0.2) is 36.5 Å². The Kier molecular flexibility index (Phi) is 7.08. The predicted octanol–water partition coefficient (Wildman–Crippen LogP) is 3.05. The molecule has 7 heteroatoms. The van der Waals surface area contributed by atoms with Crippen LogP contribution < -0.4 is 16.4 Å². The van der Waals surface area contributed by atoms with E-state index >= 15 is 0 Å². The van der Waals surface area contributed by atoms with Crippen LogP contribution in [0.25, 0.3) is 0 Å². The van der Waals surface area contributed by atoms with Gasteiger partial charge in [0.1, 0.15) is 0 Å². The number of para-hydroxylation sites is 2. The molecule has 6 nitrogen and oxygen atoms in total. The second-order valence-corrected chi connectivity index (χ2v) is 6.69. The first-order valence-electron chi connectivity index (χ1n) is 8.85. The minimum atomic E-state index is -0.102.